The second-order valence-corrected chi connectivity index (χ2v) is 5.61. The summed E-state index contributed by atoms with van der Waals surface area (Å²) < 4.78 is 0. The number of nitrogens with two attached hydrogens (primary N) is 1. The predicted molar refractivity (Wildman–Crippen MR) is 71.0 cm³/mol. The van der Waals surface area contributed by atoms with Crippen molar-refractivity contribution in [2.45, 2.75) is 43.9 Å². The third-order valence-corrected chi connectivity index (χ3v) is 3.50. The van der Waals surface area contributed by atoms with Crippen LogP contribution >= 0.6 is 11.8 Å². The van der Waals surface area contributed by atoms with Crippen LogP contribution in [-0.2, 0) is 0 Å². The minimum atomic E-state index is -0.717. The normalized spacial score (nSPS) is 14.6. The van der Waals surface area contributed by atoms with Crippen LogP contribution in [0.4, 0.5) is 0 Å². The van der Waals surface area contributed by atoms with Gasteiger partial charge in [-0.15, -0.1) is 0 Å². The van der Waals surface area contributed by atoms with E-state index in [2.05, 4.69) is 9.97 Å². The summed E-state index contributed by atoms with van der Waals surface area (Å²) >= 11 is 1.65. The molecule has 0 aliphatic rings. The highest BCUT2D eigenvalue weighted by Crippen LogP contribution is 2.17. The van der Waals surface area contributed by atoms with Gasteiger partial charge in [0.15, 0.2) is 5.16 Å². The summed E-state index contributed by atoms with van der Waals surface area (Å²) in [5.41, 5.74) is 5.81. The molecule has 0 aliphatic heterocycles. The summed E-state index contributed by atoms with van der Waals surface area (Å²) in [4.78, 5) is 8.45. The zero-order valence-corrected chi connectivity index (χ0v) is 11.3. The molecule has 1 aromatic rings. The fourth-order valence-electron chi connectivity index (χ4n) is 1.33. The first-order valence-corrected chi connectivity index (χ1v) is 6.86. The van der Waals surface area contributed by atoms with Gasteiger partial charge in [-0.3, -0.25) is 0 Å². The summed E-state index contributed by atoms with van der Waals surface area (Å²) in [6, 6.07) is 0. The molecule has 96 valence electrons. The molecule has 1 rings (SSSR count). The van der Waals surface area contributed by atoms with E-state index in [4.69, 9.17) is 5.73 Å². The number of aryl methyl sites for hydroxylation is 1. The van der Waals surface area contributed by atoms with Crippen LogP contribution in [0.1, 0.15) is 31.7 Å². The monoisotopic (exact) mass is 255 g/mol. The van der Waals surface area contributed by atoms with Crippen LogP contribution in [0.25, 0.3) is 0 Å². The molecule has 0 aromatic carbocycles. The summed E-state index contributed by atoms with van der Waals surface area (Å²) in [5, 5.41) is 10.5. The maximum Gasteiger partial charge on any atom is 0.187 e. The maximum atomic E-state index is 9.71. The standard InChI is InChI=1S/C12H21N3OS/c1-10-7-14-11(15-8-10)17-6-4-3-5-12(2,16)9-13/h7-8,16H,3-6,9,13H2,1-2H3. The van der Waals surface area contributed by atoms with E-state index in [1.807, 2.05) is 19.3 Å². The second-order valence-electron chi connectivity index (χ2n) is 4.55. The van der Waals surface area contributed by atoms with Crippen molar-refractivity contribution < 1.29 is 5.11 Å². The molecule has 1 heterocycles. The molecule has 17 heavy (non-hydrogen) atoms. The third kappa shape index (κ3) is 6.00. The van der Waals surface area contributed by atoms with Crippen LogP contribution in [-0.4, -0.2) is 33.0 Å². The van der Waals surface area contributed by atoms with Crippen molar-refractivity contribution in [3.05, 3.63) is 18.0 Å². The van der Waals surface area contributed by atoms with E-state index in [1.54, 1.807) is 18.7 Å². The van der Waals surface area contributed by atoms with Gasteiger partial charge < -0.3 is 10.8 Å². The third-order valence-electron chi connectivity index (χ3n) is 2.54. The van der Waals surface area contributed by atoms with Crippen LogP contribution in [0.5, 0.6) is 0 Å². The highest BCUT2D eigenvalue weighted by atomic mass is 32.2. The fraction of sp³-hybridized carbons (Fsp3) is 0.667. The lowest BCUT2D eigenvalue weighted by Crippen LogP contribution is -2.33. The van der Waals surface area contributed by atoms with E-state index < -0.39 is 5.60 Å². The van der Waals surface area contributed by atoms with Gasteiger partial charge in [0.25, 0.3) is 0 Å². The lowest BCUT2D eigenvalue weighted by molar-refractivity contribution is 0.0577. The summed E-state index contributed by atoms with van der Waals surface area (Å²) in [6.07, 6.45) is 6.42. The molecule has 0 radical (unpaired) electrons. The Bertz CT molecular complexity index is 327. The van der Waals surface area contributed by atoms with Crippen molar-refractivity contribution in [2.75, 3.05) is 12.3 Å². The molecular weight excluding hydrogens is 234 g/mol. The lowest BCUT2D eigenvalue weighted by atomic mass is 10.00. The smallest absolute Gasteiger partial charge is 0.187 e. The molecule has 1 unspecified atom stereocenters. The average Bonchev–Trinajstić information content (AvgIpc) is 2.31. The molecule has 0 spiro atoms. The van der Waals surface area contributed by atoms with Crippen LogP contribution in [0.3, 0.4) is 0 Å². The van der Waals surface area contributed by atoms with Gasteiger partial charge >= 0.3 is 0 Å². The summed E-state index contributed by atoms with van der Waals surface area (Å²) in [6.45, 7) is 4.08. The summed E-state index contributed by atoms with van der Waals surface area (Å²) in [7, 11) is 0. The molecule has 1 aromatic heterocycles. The topological polar surface area (TPSA) is 72.0 Å². The van der Waals surface area contributed by atoms with E-state index >= 15 is 0 Å². The van der Waals surface area contributed by atoms with Crippen molar-refractivity contribution in [1.29, 1.82) is 0 Å². The number of aliphatic hydroxyl groups is 1. The maximum absolute atomic E-state index is 9.71. The first-order chi connectivity index (χ1) is 8.03. The van der Waals surface area contributed by atoms with Gasteiger partial charge in [0, 0.05) is 24.7 Å². The van der Waals surface area contributed by atoms with Crippen molar-refractivity contribution in [3.8, 4) is 0 Å². The minimum Gasteiger partial charge on any atom is -0.389 e. The Morgan fingerprint density at radius 1 is 1.35 bits per heavy atom. The van der Waals surface area contributed by atoms with Gasteiger partial charge in [-0.2, -0.15) is 0 Å². The first kappa shape index (κ1) is 14.4. The van der Waals surface area contributed by atoms with Gasteiger partial charge in [0.1, 0.15) is 0 Å². The summed E-state index contributed by atoms with van der Waals surface area (Å²) in [5.74, 6) is 0.976. The number of hydrogen-bond donors (Lipinski definition) is 2. The molecular formula is C12H21N3OS. The van der Waals surface area contributed by atoms with E-state index in [0.717, 1.165) is 35.7 Å². The predicted octanol–water partition coefficient (Wildman–Crippen LogP) is 1.76. The molecule has 3 N–H and O–H groups in total. The second kappa shape index (κ2) is 6.93. The Kier molecular flexibility index (Phi) is 5.88. The highest BCUT2D eigenvalue weighted by molar-refractivity contribution is 7.99. The molecule has 0 saturated carbocycles. The van der Waals surface area contributed by atoms with Gasteiger partial charge in [0.2, 0.25) is 0 Å². The van der Waals surface area contributed by atoms with Crippen molar-refractivity contribution >= 4 is 11.8 Å². The molecule has 0 fully saturated rings. The van der Waals surface area contributed by atoms with E-state index in [0.29, 0.717) is 6.54 Å². The van der Waals surface area contributed by atoms with Gasteiger partial charge in [-0.25, -0.2) is 9.97 Å². The number of unbranched alkanes of at least 4 members (excludes halogenated alkanes) is 1. The molecule has 0 saturated heterocycles. The van der Waals surface area contributed by atoms with Gasteiger partial charge in [-0.1, -0.05) is 11.8 Å². The number of thioether (sulfide) groups is 1. The van der Waals surface area contributed by atoms with Crippen molar-refractivity contribution in [1.82, 2.24) is 9.97 Å². The van der Waals surface area contributed by atoms with E-state index in [-0.39, 0.29) is 0 Å². The van der Waals surface area contributed by atoms with Crippen LogP contribution in [0, 0.1) is 6.92 Å². The lowest BCUT2D eigenvalue weighted by Gasteiger charge is -2.20. The number of nitrogens with zero attached hydrogens (tertiary/aromatic N) is 2. The largest absolute Gasteiger partial charge is 0.389 e. The van der Waals surface area contributed by atoms with E-state index in [9.17, 15) is 5.11 Å². The molecule has 4 nitrogen and oxygen atoms in total. The molecule has 0 bridgehead atoms. The van der Waals surface area contributed by atoms with Crippen LogP contribution in [0.2, 0.25) is 0 Å². The van der Waals surface area contributed by atoms with E-state index in [1.165, 1.54) is 0 Å². The Hall–Kier alpha value is -0.650. The van der Waals surface area contributed by atoms with Crippen molar-refractivity contribution in [3.63, 3.8) is 0 Å². The Balaban J connectivity index is 2.14. The minimum absolute atomic E-state index is 0.321. The highest BCUT2D eigenvalue weighted by Gasteiger charge is 2.16. The average molecular weight is 255 g/mol. The molecule has 0 aliphatic carbocycles. The van der Waals surface area contributed by atoms with Crippen LogP contribution < -0.4 is 5.73 Å². The first-order valence-electron chi connectivity index (χ1n) is 5.87. The van der Waals surface area contributed by atoms with Crippen LogP contribution in [0.15, 0.2) is 17.6 Å². The SMILES string of the molecule is Cc1cnc(SCCCCC(C)(O)CN)nc1. The molecule has 5 heteroatoms. The number of aromatic nitrogens is 2. The zero-order valence-electron chi connectivity index (χ0n) is 10.5. The van der Waals surface area contributed by atoms with Gasteiger partial charge in [0.05, 0.1) is 5.60 Å². The van der Waals surface area contributed by atoms with Crippen molar-refractivity contribution in [2.24, 2.45) is 5.73 Å². The number of hydrogen-bond acceptors (Lipinski definition) is 5. The fourth-order valence-corrected chi connectivity index (χ4v) is 2.11. The Morgan fingerprint density at radius 2 is 2.00 bits per heavy atom. The Morgan fingerprint density at radius 3 is 2.59 bits per heavy atom. The molecule has 0 amide bonds. The zero-order chi connectivity index (χ0) is 12.7. The molecule has 1 atom stereocenters. The number of rotatable bonds is 7. The Labute approximate surface area is 107 Å². The van der Waals surface area contributed by atoms with Gasteiger partial charge in [-0.05, 0) is 38.7 Å². The quantitative estimate of drug-likeness (QED) is 0.441.